The summed E-state index contributed by atoms with van der Waals surface area (Å²) in [6.07, 6.45) is 27.1. The summed E-state index contributed by atoms with van der Waals surface area (Å²) in [4.78, 5) is 58.4. The lowest BCUT2D eigenvalue weighted by atomic mass is 9.44. The third kappa shape index (κ3) is 17.3. The molecule has 0 aliphatic heterocycles. The highest BCUT2D eigenvalue weighted by molar-refractivity contribution is 5.91. The summed E-state index contributed by atoms with van der Waals surface area (Å²) in [5, 5.41) is 77.5. The molecule has 17 aliphatic rings. The summed E-state index contributed by atoms with van der Waals surface area (Å²) in [6, 6.07) is 40.9. The van der Waals surface area contributed by atoms with Crippen LogP contribution in [0.4, 0.5) is 0 Å². The molecule has 0 radical (unpaired) electrons. The monoisotopic (exact) mass is 1910 g/mol. The maximum atomic E-state index is 14.6. The van der Waals surface area contributed by atoms with E-state index in [0.717, 1.165) is 77.0 Å². The van der Waals surface area contributed by atoms with Gasteiger partial charge >= 0.3 is 23.9 Å². The molecule has 0 amide bonds. The lowest BCUT2D eigenvalue weighted by Crippen LogP contribution is -2.61. The second-order valence-electron chi connectivity index (χ2n) is 47.2. The van der Waals surface area contributed by atoms with Crippen LogP contribution in [0.5, 0.6) is 34.5 Å². The van der Waals surface area contributed by atoms with E-state index < -0.39 is 60.8 Å². The first-order valence-electron chi connectivity index (χ1n) is 52.8. The van der Waals surface area contributed by atoms with E-state index in [0.29, 0.717) is 116 Å². The zero-order valence-electron chi connectivity index (χ0n) is 83.5. The fraction of sp³-hybridized carbons (Fsp3) is 0.567. The molecule has 6 N–H and O–H groups in total. The van der Waals surface area contributed by atoms with Crippen LogP contribution in [0.3, 0.4) is 0 Å². The highest BCUT2D eigenvalue weighted by atomic mass is 16.6. The quantitative estimate of drug-likeness (QED) is 0.0130. The minimum Gasteiger partial charge on any atom is -0.508 e. The Morgan fingerprint density at radius 2 is 0.521 bits per heavy atom. The van der Waals surface area contributed by atoms with Gasteiger partial charge in [0.05, 0.1) is 98.5 Å². The van der Waals surface area contributed by atoms with E-state index in [1.807, 2.05) is 6.07 Å². The Kier molecular flexibility index (Phi) is 25.8. The number of aromatic hydroxyl groups is 4. The van der Waals surface area contributed by atoms with E-state index in [-0.39, 0.29) is 187 Å². The van der Waals surface area contributed by atoms with Crippen molar-refractivity contribution in [2.45, 2.75) is 269 Å². The third-order valence-electron chi connectivity index (χ3n) is 37.8. The molecule has 8 aromatic carbocycles. The second-order valence-corrected chi connectivity index (χ2v) is 47.2. The van der Waals surface area contributed by atoms with Gasteiger partial charge in [-0.3, -0.25) is 0 Å². The molecular formula is C120H144O20. The SMILES string of the molecule is CCC1C2CC3CC(C)(C2)CC1(OCCOC(=O)c1ccc(C2c4cc(c(OC)cc4O)C(c4ccc(C(=O)OCCOC56CC7CC(CC(C)(C7)C5)C6CC)cc4)c4cc(c(OC)cc4O)C(c4ccc(C(=O)OCCOC56CC7CC(CC(C)(C7)C5)C6CC)cc4)c4cc(c(CO)cc4O)C(c4ccc(C(=O)OCCOC56CC7CC(CC(C)(C7)C5)C6CC)cc4)c4cc2c(CO)cc4O)cc1)C3. The number of aliphatic hydroxyl groups is 2. The number of hydrogen-bond donors (Lipinski definition) is 6. The fourth-order valence-corrected chi connectivity index (χ4v) is 34.4. The van der Waals surface area contributed by atoms with Crippen LogP contribution in [0.2, 0.25) is 0 Å². The zero-order valence-corrected chi connectivity index (χ0v) is 83.5. The van der Waals surface area contributed by atoms with Crippen LogP contribution >= 0.6 is 0 Å². The highest BCUT2D eigenvalue weighted by Crippen LogP contribution is 2.71. The number of carbonyl (C=O) groups excluding carboxylic acids is 4. The Morgan fingerprint density at radius 3 is 0.743 bits per heavy atom. The van der Waals surface area contributed by atoms with Crippen molar-refractivity contribution in [3.63, 3.8) is 0 Å². The number of hydrogen-bond acceptors (Lipinski definition) is 20. The third-order valence-corrected chi connectivity index (χ3v) is 37.8. The fourth-order valence-electron chi connectivity index (χ4n) is 34.4. The van der Waals surface area contributed by atoms with E-state index in [1.54, 1.807) is 115 Å². The minimum atomic E-state index is -1.12. The van der Waals surface area contributed by atoms with Crippen LogP contribution in [0, 0.1) is 92.7 Å². The molecule has 0 aromatic heterocycles. The molecule has 16 fully saturated rings. The van der Waals surface area contributed by atoms with Crippen LogP contribution in [0.1, 0.15) is 352 Å². The molecule has 0 spiro atoms. The molecule has 24 bridgehead atoms. The van der Waals surface area contributed by atoms with Crippen LogP contribution in [0.25, 0.3) is 0 Å². The number of esters is 4. The van der Waals surface area contributed by atoms with Crippen molar-refractivity contribution in [1.29, 1.82) is 0 Å². The number of aliphatic hydroxyl groups excluding tert-OH is 2. The predicted octanol–water partition coefficient (Wildman–Crippen LogP) is 23.2. The van der Waals surface area contributed by atoms with Crippen molar-refractivity contribution in [3.8, 4) is 34.5 Å². The lowest BCUT2D eigenvalue weighted by molar-refractivity contribution is -0.229. The molecule has 25 rings (SSSR count). The van der Waals surface area contributed by atoms with Gasteiger partial charge in [0.2, 0.25) is 0 Å². The van der Waals surface area contributed by atoms with Gasteiger partial charge in [-0.15, -0.1) is 0 Å². The zero-order chi connectivity index (χ0) is 97.5. The summed E-state index contributed by atoms with van der Waals surface area (Å²) in [6.45, 7) is 18.6. The molecule has 140 heavy (non-hydrogen) atoms. The van der Waals surface area contributed by atoms with Crippen molar-refractivity contribution in [2.75, 3.05) is 67.1 Å². The Balaban J connectivity index is 0.677. The summed E-state index contributed by atoms with van der Waals surface area (Å²) in [7, 11) is 2.97. The van der Waals surface area contributed by atoms with E-state index >= 15 is 0 Å². The number of carbonyl (C=O) groups is 4. The first-order chi connectivity index (χ1) is 67.4. The topological polar surface area (TPSA) is 282 Å². The Morgan fingerprint density at radius 1 is 0.293 bits per heavy atom. The van der Waals surface area contributed by atoms with Crippen molar-refractivity contribution >= 4 is 23.9 Å². The van der Waals surface area contributed by atoms with Gasteiger partial charge in [0, 0.05) is 69.2 Å². The molecule has 20 heteroatoms. The second kappa shape index (κ2) is 37.4. The van der Waals surface area contributed by atoms with Gasteiger partial charge in [0.1, 0.15) is 60.9 Å². The van der Waals surface area contributed by atoms with Gasteiger partial charge in [-0.05, 0) is 351 Å². The van der Waals surface area contributed by atoms with Crippen LogP contribution in [0.15, 0.2) is 146 Å². The van der Waals surface area contributed by atoms with E-state index in [4.69, 9.17) is 47.4 Å². The molecule has 8 aromatic rings. The molecule has 20 nitrogen and oxygen atoms in total. The number of phenolic OH excluding ortho intramolecular Hbond substituents is 4. The maximum Gasteiger partial charge on any atom is 0.338 e. The van der Waals surface area contributed by atoms with Gasteiger partial charge < -0.3 is 78.0 Å². The lowest BCUT2D eigenvalue weighted by Gasteiger charge is -2.64. The molecule has 744 valence electrons. The normalized spacial score (nSPS) is 34.0. The van der Waals surface area contributed by atoms with E-state index in [1.165, 1.54) is 116 Å². The van der Waals surface area contributed by atoms with Crippen LogP contribution in [-0.2, 0) is 51.1 Å². The standard InChI is InChI=1S/C120H144O20/c1-11-95-81-39-69-51-113(5,59-81)65-117(95,55-69)137-35-31-133-109(127)77-23-15-73(16-24-77)105-88-46-90(100(124)44-86(88)64-122)107(75-19-27-79(28-20-75)111(129)135-33-37-139-119-57-71-41-83(97(119)13-3)61-115(7,53-71)67-119)94-48-92(102(126)50-104(94)132-10)108(76-21-29-80(30-22-76)112(130)136-34-38-140-120-58-72-42-84(98(120)14-4)62-116(8,54-72)68-120)93-47-91(101(125)49-103(93)131-9)106(87-45-89(105)99(123)43-85(87)63-121)74-17-25-78(26-18-74)110(128)134-32-36-138-118-56-70-40-82(96(118)12-2)60-114(6,52-70)66-118/h15-30,43-50,69-72,81-84,95-98,105-108,121-126H,11-14,31-42,51-68H2,1-10H3. The average Bonchev–Trinajstić information content (AvgIpc) is 0.718. The van der Waals surface area contributed by atoms with Gasteiger partial charge in [-0.1, -0.05) is 130 Å². The number of rotatable bonds is 32. The molecule has 16 saturated carbocycles. The number of fused-ring (bicyclic) bond motifs is 8. The molecule has 24 atom stereocenters. The summed E-state index contributed by atoms with van der Waals surface area (Å²) in [5.41, 5.74) is 6.00. The largest absolute Gasteiger partial charge is 0.508 e. The minimum absolute atomic E-state index is 0.0337. The van der Waals surface area contributed by atoms with Crippen molar-refractivity contribution in [1.82, 2.24) is 0 Å². The number of benzene rings is 8. The molecule has 0 saturated heterocycles. The molecule has 24 unspecified atom stereocenters. The van der Waals surface area contributed by atoms with Gasteiger partial charge in [0.15, 0.2) is 0 Å². The van der Waals surface area contributed by atoms with E-state index in [2.05, 4.69) is 55.4 Å². The molecule has 17 aliphatic carbocycles. The number of methoxy groups -OCH3 is 2. The summed E-state index contributed by atoms with van der Waals surface area (Å²) >= 11 is 0. The highest BCUT2D eigenvalue weighted by Gasteiger charge is 2.66. The Labute approximate surface area is 825 Å². The van der Waals surface area contributed by atoms with Crippen LogP contribution in [-0.4, -0.2) is 144 Å². The first kappa shape index (κ1) is 96.3. The Bertz CT molecular complexity index is 5280. The van der Waals surface area contributed by atoms with Crippen molar-refractivity contribution in [3.05, 3.63) is 246 Å². The van der Waals surface area contributed by atoms with Gasteiger partial charge in [-0.2, -0.15) is 0 Å². The van der Waals surface area contributed by atoms with Gasteiger partial charge in [-0.25, -0.2) is 19.2 Å². The molecule has 0 heterocycles. The first-order valence-corrected chi connectivity index (χ1v) is 52.8. The number of phenols is 4. The predicted molar refractivity (Wildman–Crippen MR) is 531 cm³/mol. The summed E-state index contributed by atoms with van der Waals surface area (Å²) in [5.74, 6) is -0.624. The Hall–Kier alpha value is -9.80. The van der Waals surface area contributed by atoms with Crippen molar-refractivity contribution in [2.24, 2.45) is 92.7 Å². The molecular weight excluding hydrogens is 1760 g/mol. The summed E-state index contributed by atoms with van der Waals surface area (Å²) < 4.78 is 65.3. The number of ether oxygens (including phenoxy) is 10. The van der Waals surface area contributed by atoms with Crippen LogP contribution < -0.4 is 9.47 Å². The van der Waals surface area contributed by atoms with E-state index in [9.17, 15) is 49.8 Å². The maximum absolute atomic E-state index is 14.6. The van der Waals surface area contributed by atoms with Gasteiger partial charge in [0.25, 0.3) is 0 Å². The smallest absolute Gasteiger partial charge is 0.338 e. The average molecular weight is 1910 g/mol. The van der Waals surface area contributed by atoms with Crippen molar-refractivity contribution < 1.29 is 97.2 Å².